The number of nitrogens with zero attached hydrogens (tertiary/aromatic N) is 4. The van der Waals surface area contributed by atoms with Crippen LogP contribution in [-0.4, -0.2) is 26.8 Å². The monoisotopic (exact) mass is 445 g/mol. The molecule has 0 unspecified atom stereocenters. The van der Waals surface area contributed by atoms with Crippen molar-refractivity contribution in [2.24, 2.45) is 0 Å². The molecule has 7 nitrogen and oxygen atoms in total. The Morgan fingerprint density at radius 1 is 1.28 bits per heavy atom. The van der Waals surface area contributed by atoms with E-state index in [0.717, 1.165) is 46.8 Å². The maximum atomic E-state index is 12.4. The second kappa shape index (κ2) is 8.65. The van der Waals surface area contributed by atoms with Crippen molar-refractivity contribution in [2.75, 3.05) is 11.1 Å². The van der Waals surface area contributed by atoms with E-state index >= 15 is 0 Å². The fraction of sp³-hybridized carbons (Fsp3) is 0.421. The van der Waals surface area contributed by atoms with Gasteiger partial charge in [-0.25, -0.2) is 4.98 Å². The first-order chi connectivity index (χ1) is 14.0. The standard InChI is InChI=1S/C19H19N5O2S3/c1-10-16(28-11(2)21-10)17-23-24-19(26-17)27-8-7-15(25)22-18-13(9-20)12-5-3-4-6-14(12)29-18/h3-8H2,1-2H3,(H,22,25). The Hall–Kier alpha value is -2.22. The third-order valence-corrected chi connectivity index (χ3v) is 7.68. The van der Waals surface area contributed by atoms with Crippen LogP contribution in [0.15, 0.2) is 9.64 Å². The summed E-state index contributed by atoms with van der Waals surface area (Å²) < 4.78 is 5.69. The molecule has 0 radical (unpaired) electrons. The van der Waals surface area contributed by atoms with E-state index < -0.39 is 0 Å². The van der Waals surface area contributed by atoms with Gasteiger partial charge in [0.05, 0.1) is 16.3 Å². The van der Waals surface area contributed by atoms with Crippen LogP contribution < -0.4 is 5.32 Å². The van der Waals surface area contributed by atoms with Crippen molar-refractivity contribution in [3.63, 3.8) is 0 Å². The predicted octanol–water partition coefficient (Wildman–Crippen LogP) is 4.74. The summed E-state index contributed by atoms with van der Waals surface area (Å²) in [6.07, 6.45) is 4.48. The fourth-order valence-corrected chi connectivity index (χ4v) is 6.08. The van der Waals surface area contributed by atoms with Crippen molar-refractivity contribution < 1.29 is 9.21 Å². The van der Waals surface area contributed by atoms with E-state index in [4.69, 9.17) is 4.42 Å². The summed E-state index contributed by atoms with van der Waals surface area (Å²) in [6.45, 7) is 3.85. The van der Waals surface area contributed by atoms with E-state index in [0.29, 0.717) is 33.9 Å². The third-order valence-electron chi connectivity index (χ3n) is 4.59. The number of nitrogens with one attached hydrogen (secondary N) is 1. The molecule has 1 N–H and O–H groups in total. The summed E-state index contributed by atoms with van der Waals surface area (Å²) >= 11 is 4.41. The predicted molar refractivity (Wildman–Crippen MR) is 115 cm³/mol. The maximum Gasteiger partial charge on any atom is 0.276 e. The number of carbonyl (C=O) groups is 1. The minimum absolute atomic E-state index is 0.110. The number of fused-ring (bicyclic) bond motifs is 1. The highest BCUT2D eigenvalue weighted by molar-refractivity contribution is 7.99. The first kappa shape index (κ1) is 20.1. The number of thiophene rings is 1. The summed E-state index contributed by atoms with van der Waals surface area (Å²) in [6, 6.07) is 2.27. The van der Waals surface area contributed by atoms with Crippen LogP contribution in [0.2, 0.25) is 0 Å². The van der Waals surface area contributed by atoms with Crippen LogP contribution in [0, 0.1) is 25.2 Å². The van der Waals surface area contributed by atoms with Crippen molar-refractivity contribution in [3.8, 4) is 16.8 Å². The third kappa shape index (κ3) is 4.37. The molecule has 0 saturated carbocycles. The SMILES string of the molecule is Cc1nc(C)c(-c2nnc(SCCC(=O)Nc3sc4c(c3C#N)CCCC4)o2)s1. The van der Waals surface area contributed by atoms with Crippen molar-refractivity contribution in [1.82, 2.24) is 15.2 Å². The molecule has 4 rings (SSSR count). The van der Waals surface area contributed by atoms with Gasteiger partial charge in [0.25, 0.3) is 11.1 Å². The number of aryl methyl sites for hydroxylation is 3. The molecular formula is C19H19N5O2S3. The van der Waals surface area contributed by atoms with Gasteiger partial charge in [-0.3, -0.25) is 4.79 Å². The first-order valence-electron chi connectivity index (χ1n) is 9.30. The lowest BCUT2D eigenvalue weighted by Crippen LogP contribution is -2.12. The molecule has 3 aromatic heterocycles. The number of thiazole rings is 1. The molecule has 0 saturated heterocycles. The molecule has 29 heavy (non-hydrogen) atoms. The van der Waals surface area contributed by atoms with E-state index in [-0.39, 0.29) is 5.91 Å². The van der Waals surface area contributed by atoms with Gasteiger partial charge in [0, 0.05) is 17.1 Å². The molecule has 1 aliphatic rings. The van der Waals surface area contributed by atoms with Gasteiger partial charge in [0.15, 0.2) is 0 Å². The zero-order valence-electron chi connectivity index (χ0n) is 16.1. The molecule has 10 heteroatoms. The first-order valence-corrected chi connectivity index (χ1v) is 11.9. The lowest BCUT2D eigenvalue weighted by molar-refractivity contribution is -0.115. The van der Waals surface area contributed by atoms with Crippen LogP contribution in [0.3, 0.4) is 0 Å². The van der Waals surface area contributed by atoms with Crippen LogP contribution in [0.25, 0.3) is 10.8 Å². The van der Waals surface area contributed by atoms with Gasteiger partial charge >= 0.3 is 0 Å². The average Bonchev–Trinajstić information content (AvgIpc) is 3.38. The highest BCUT2D eigenvalue weighted by Gasteiger charge is 2.22. The Morgan fingerprint density at radius 3 is 2.86 bits per heavy atom. The molecule has 3 aromatic rings. The Labute approximate surface area is 180 Å². The highest BCUT2D eigenvalue weighted by Crippen LogP contribution is 2.37. The number of amides is 1. The van der Waals surface area contributed by atoms with Gasteiger partial charge in [0.1, 0.15) is 15.9 Å². The summed E-state index contributed by atoms with van der Waals surface area (Å²) in [5.41, 5.74) is 2.64. The number of hydrogen-bond acceptors (Lipinski definition) is 9. The van der Waals surface area contributed by atoms with Crippen LogP contribution >= 0.6 is 34.4 Å². The normalized spacial score (nSPS) is 13.1. The van der Waals surface area contributed by atoms with Crippen molar-refractivity contribution in [2.45, 2.75) is 51.2 Å². The van der Waals surface area contributed by atoms with Gasteiger partial charge in [-0.1, -0.05) is 11.8 Å². The molecule has 0 spiro atoms. The van der Waals surface area contributed by atoms with Gasteiger partial charge in [-0.05, 0) is 45.1 Å². The Morgan fingerprint density at radius 2 is 2.10 bits per heavy atom. The molecule has 3 heterocycles. The minimum Gasteiger partial charge on any atom is -0.410 e. The van der Waals surface area contributed by atoms with E-state index in [1.165, 1.54) is 28.0 Å². The molecule has 0 fully saturated rings. The summed E-state index contributed by atoms with van der Waals surface area (Å²) in [4.78, 5) is 18.8. The minimum atomic E-state index is -0.110. The largest absolute Gasteiger partial charge is 0.410 e. The van der Waals surface area contributed by atoms with Gasteiger partial charge < -0.3 is 9.73 Å². The lowest BCUT2D eigenvalue weighted by atomic mass is 9.96. The topological polar surface area (TPSA) is 105 Å². The summed E-state index contributed by atoms with van der Waals surface area (Å²) in [5.74, 6) is 0.866. The fourth-order valence-electron chi connectivity index (χ4n) is 3.28. The van der Waals surface area contributed by atoms with Gasteiger partial charge in [0.2, 0.25) is 5.91 Å². The number of rotatable bonds is 6. The second-order valence-electron chi connectivity index (χ2n) is 6.69. The number of hydrogen-bond donors (Lipinski definition) is 1. The van der Waals surface area contributed by atoms with Gasteiger partial charge in [-0.2, -0.15) is 5.26 Å². The van der Waals surface area contributed by atoms with E-state index in [1.54, 1.807) is 11.3 Å². The number of aromatic nitrogens is 3. The Balaban J connectivity index is 1.33. The molecule has 0 bridgehead atoms. The molecule has 1 aliphatic carbocycles. The average molecular weight is 446 g/mol. The van der Waals surface area contributed by atoms with E-state index in [2.05, 4.69) is 26.6 Å². The van der Waals surface area contributed by atoms with Gasteiger partial charge in [-0.15, -0.1) is 32.9 Å². The quantitative estimate of drug-likeness (QED) is 0.546. The summed E-state index contributed by atoms with van der Waals surface area (Å²) in [7, 11) is 0. The molecule has 0 aromatic carbocycles. The van der Waals surface area contributed by atoms with Crippen molar-refractivity contribution in [3.05, 3.63) is 26.7 Å². The molecule has 150 valence electrons. The highest BCUT2D eigenvalue weighted by atomic mass is 32.2. The molecular weight excluding hydrogens is 426 g/mol. The zero-order valence-corrected chi connectivity index (χ0v) is 18.5. The molecule has 0 atom stereocenters. The van der Waals surface area contributed by atoms with E-state index in [9.17, 15) is 10.1 Å². The molecule has 1 amide bonds. The number of anilines is 1. The van der Waals surface area contributed by atoms with Crippen LogP contribution in [0.5, 0.6) is 0 Å². The van der Waals surface area contributed by atoms with Crippen LogP contribution in [0.4, 0.5) is 5.00 Å². The maximum absolute atomic E-state index is 12.4. The van der Waals surface area contributed by atoms with Crippen LogP contribution in [0.1, 0.15) is 46.0 Å². The number of thioether (sulfide) groups is 1. The smallest absolute Gasteiger partial charge is 0.276 e. The van der Waals surface area contributed by atoms with Crippen LogP contribution in [-0.2, 0) is 17.6 Å². The Kier molecular flexibility index (Phi) is 5.99. The lowest BCUT2D eigenvalue weighted by Gasteiger charge is -2.09. The Bertz CT molecular complexity index is 1090. The number of nitriles is 1. The van der Waals surface area contributed by atoms with Crippen molar-refractivity contribution >= 4 is 45.3 Å². The second-order valence-corrected chi connectivity index (χ2v) is 10.0. The molecule has 0 aliphatic heterocycles. The summed E-state index contributed by atoms with van der Waals surface area (Å²) in [5, 5.41) is 22.6. The number of carbonyl (C=O) groups excluding carboxylic acids is 1. The van der Waals surface area contributed by atoms with Crippen molar-refractivity contribution in [1.29, 1.82) is 5.26 Å². The van der Waals surface area contributed by atoms with E-state index in [1.807, 2.05) is 13.8 Å². The zero-order chi connectivity index (χ0) is 20.4.